The van der Waals surface area contributed by atoms with Crippen LogP contribution in [-0.2, 0) is 4.79 Å². The molecule has 1 aromatic heterocycles. The Morgan fingerprint density at radius 3 is 2.40 bits per heavy atom. The lowest BCUT2D eigenvalue weighted by atomic mass is 10.2. The summed E-state index contributed by atoms with van der Waals surface area (Å²) in [5, 5.41) is 2.68. The number of aromatic nitrogens is 2. The summed E-state index contributed by atoms with van der Waals surface area (Å²) in [6, 6.07) is 13.6. The van der Waals surface area contributed by atoms with Gasteiger partial charge in [0.2, 0.25) is 5.91 Å². The largest absolute Gasteiger partial charge is 0.484 e. The number of hydrogen-bond donors (Lipinski definition) is 2. The molecule has 1 heterocycles. The van der Waals surface area contributed by atoms with Gasteiger partial charge in [0.1, 0.15) is 5.75 Å². The van der Waals surface area contributed by atoms with Gasteiger partial charge in [0, 0.05) is 29.3 Å². The van der Waals surface area contributed by atoms with Gasteiger partial charge in [-0.05, 0) is 48.5 Å². The first kappa shape index (κ1) is 16.3. The summed E-state index contributed by atoms with van der Waals surface area (Å²) in [7, 11) is 0. The van der Waals surface area contributed by atoms with Crippen molar-refractivity contribution in [1.82, 2.24) is 9.55 Å². The van der Waals surface area contributed by atoms with E-state index in [1.807, 2.05) is 22.9 Å². The lowest BCUT2D eigenvalue weighted by Gasteiger charge is -2.09. The van der Waals surface area contributed by atoms with Crippen LogP contribution in [0.4, 0.5) is 5.69 Å². The Morgan fingerprint density at radius 1 is 1.08 bits per heavy atom. The molecule has 3 rings (SSSR count). The van der Waals surface area contributed by atoms with Crippen LogP contribution in [-0.4, -0.2) is 28.0 Å². The average molecular weight is 336 g/mol. The zero-order chi connectivity index (χ0) is 17.6. The van der Waals surface area contributed by atoms with E-state index in [0.29, 0.717) is 17.0 Å². The summed E-state index contributed by atoms with van der Waals surface area (Å²) in [4.78, 5) is 26.9. The molecule has 0 aliphatic rings. The molecule has 0 aliphatic carbocycles. The maximum absolute atomic E-state index is 11.9. The van der Waals surface area contributed by atoms with Crippen molar-refractivity contribution in [3.8, 4) is 11.4 Å². The van der Waals surface area contributed by atoms with Gasteiger partial charge in [0.25, 0.3) is 5.91 Å². The molecule has 3 aromatic rings. The van der Waals surface area contributed by atoms with E-state index in [1.54, 1.807) is 48.9 Å². The van der Waals surface area contributed by atoms with E-state index < -0.39 is 5.91 Å². The third-order valence-electron chi connectivity index (χ3n) is 3.46. The van der Waals surface area contributed by atoms with Crippen molar-refractivity contribution in [2.24, 2.45) is 5.73 Å². The molecule has 0 radical (unpaired) electrons. The molecule has 0 spiro atoms. The Morgan fingerprint density at radius 2 is 1.80 bits per heavy atom. The monoisotopic (exact) mass is 336 g/mol. The van der Waals surface area contributed by atoms with E-state index in [1.165, 1.54) is 0 Å². The summed E-state index contributed by atoms with van der Waals surface area (Å²) in [6.45, 7) is -0.123. The lowest BCUT2D eigenvalue weighted by Crippen LogP contribution is -2.20. The predicted octanol–water partition coefficient (Wildman–Crippen LogP) is 1.99. The first-order valence-corrected chi connectivity index (χ1v) is 7.53. The highest BCUT2D eigenvalue weighted by Crippen LogP contribution is 2.15. The highest BCUT2D eigenvalue weighted by atomic mass is 16.5. The number of benzene rings is 2. The van der Waals surface area contributed by atoms with Crippen LogP contribution >= 0.6 is 0 Å². The molecule has 0 fully saturated rings. The second kappa shape index (κ2) is 7.31. The minimum Gasteiger partial charge on any atom is -0.484 e. The maximum atomic E-state index is 11.9. The number of anilines is 1. The van der Waals surface area contributed by atoms with Crippen LogP contribution in [0.3, 0.4) is 0 Å². The van der Waals surface area contributed by atoms with E-state index in [-0.39, 0.29) is 12.5 Å². The summed E-state index contributed by atoms with van der Waals surface area (Å²) in [5.41, 5.74) is 7.06. The summed E-state index contributed by atoms with van der Waals surface area (Å²) in [6.07, 6.45) is 5.24. The number of imidazole rings is 1. The number of carbonyl (C=O) groups is 2. The second-order valence-corrected chi connectivity index (χ2v) is 5.24. The number of rotatable bonds is 6. The summed E-state index contributed by atoms with van der Waals surface area (Å²) in [5.74, 6) is -0.228. The van der Waals surface area contributed by atoms with Crippen molar-refractivity contribution in [2.45, 2.75) is 0 Å². The number of amides is 2. The van der Waals surface area contributed by atoms with Crippen LogP contribution in [0.25, 0.3) is 5.69 Å². The number of nitrogens with two attached hydrogens (primary N) is 1. The van der Waals surface area contributed by atoms with Gasteiger partial charge in [-0.1, -0.05) is 0 Å². The Labute approximate surface area is 144 Å². The van der Waals surface area contributed by atoms with Crippen molar-refractivity contribution < 1.29 is 14.3 Å². The fourth-order valence-electron chi connectivity index (χ4n) is 2.19. The number of nitrogens with one attached hydrogen (secondary N) is 1. The number of carbonyl (C=O) groups excluding carboxylic acids is 2. The van der Waals surface area contributed by atoms with E-state index in [4.69, 9.17) is 10.5 Å². The molecule has 0 atom stereocenters. The van der Waals surface area contributed by atoms with Gasteiger partial charge in [0.15, 0.2) is 6.61 Å². The Kier molecular flexibility index (Phi) is 4.75. The molecule has 2 amide bonds. The van der Waals surface area contributed by atoms with Crippen molar-refractivity contribution in [3.05, 3.63) is 72.8 Å². The Hall–Kier alpha value is -3.61. The molecule has 7 nitrogen and oxygen atoms in total. The van der Waals surface area contributed by atoms with Gasteiger partial charge < -0.3 is 20.4 Å². The van der Waals surface area contributed by atoms with Crippen LogP contribution in [0.2, 0.25) is 0 Å². The molecular formula is C18H16N4O3. The van der Waals surface area contributed by atoms with Gasteiger partial charge in [-0.3, -0.25) is 9.59 Å². The van der Waals surface area contributed by atoms with Crippen molar-refractivity contribution in [2.75, 3.05) is 11.9 Å². The van der Waals surface area contributed by atoms with Gasteiger partial charge in [-0.2, -0.15) is 0 Å². The highest BCUT2D eigenvalue weighted by molar-refractivity contribution is 5.95. The molecule has 126 valence electrons. The first-order valence-electron chi connectivity index (χ1n) is 7.53. The topological polar surface area (TPSA) is 99.2 Å². The van der Waals surface area contributed by atoms with Crippen molar-refractivity contribution in [1.29, 1.82) is 0 Å². The van der Waals surface area contributed by atoms with Crippen LogP contribution in [0, 0.1) is 0 Å². The molecular weight excluding hydrogens is 320 g/mol. The SMILES string of the molecule is NC(=O)c1ccc(NC(=O)COc2ccc(-n3ccnc3)cc2)cc1. The standard InChI is InChI=1S/C18H16N4O3/c19-18(24)13-1-3-14(4-2-13)21-17(23)11-25-16-7-5-15(6-8-16)22-10-9-20-12-22/h1-10,12H,11H2,(H2,19,24)(H,21,23). The molecule has 25 heavy (non-hydrogen) atoms. The lowest BCUT2D eigenvalue weighted by molar-refractivity contribution is -0.118. The van der Waals surface area contributed by atoms with Crippen LogP contribution < -0.4 is 15.8 Å². The van der Waals surface area contributed by atoms with Crippen molar-refractivity contribution >= 4 is 17.5 Å². The van der Waals surface area contributed by atoms with E-state index in [9.17, 15) is 9.59 Å². The third-order valence-corrected chi connectivity index (χ3v) is 3.46. The molecule has 3 N–H and O–H groups in total. The second-order valence-electron chi connectivity index (χ2n) is 5.24. The van der Waals surface area contributed by atoms with Gasteiger partial charge >= 0.3 is 0 Å². The van der Waals surface area contributed by atoms with E-state index in [0.717, 1.165) is 5.69 Å². The van der Waals surface area contributed by atoms with Crippen LogP contribution in [0.15, 0.2) is 67.3 Å². The smallest absolute Gasteiger partial charge is 0.262 e. The average Bonchev–Trinajstić information content (AvgIpc) is 3.15. The normalized spacial score (nSPS) is 10.2. The number of ether oxygens (including phenoxy) is 1. The first-order chi connectivity index (χ1) is 12.1. The van der Waals surface area contributed by atoms with E-state index >= 15 is 0 Å². The highest BCUT2D eigenvalue weighted by Gasteiger charge is 2.05. The fourth-order valence-corrected chi connectivity index (χ4v) is 2.19. The zero-order valence-electron chi connectivity index (χ0n) is 13.3. The van der Waals surface area contributed by atoms with Crippen molar-refractivity contribution in [3.63, 3.8) is 0 Å². The summed E-state index contributed by atoms with van der Waals surface area (Å²) >= 11 is 0. The van der Waals surface area contributed by atoms with E-state index in [2.05, 4.69) is 10.3 Å². The van der Waals surface area contributed by atoms with Crippen LogP contribution in [0.5, 0.6) is 5.75 Å². The molecule has 0 saturated heterocycles. The minimum absolute atomic E-state index is 0.123. The molecule has 2 aromatic carbocycles. The zero-order valence-corrected chi connectivity index (χ0v) is 13.3. The minimum atomic E-state index is -0.514. The third kappa shape index (κ3) is 4.23. The maximum Gasteiger partial charge on any atom is 0.262 e. The molecule has 0 unspecified atom stereocenters. The van der Waals surface area contributed by atoms with Crippen LogP contribution in [0.1, 0.15) is 10.4 Å². The predicted molar refractivity (Wildman–Crippen MR) is 92.6 cm³/mol. The van der Waals surface area contributed by atoms with Gasteiger partial charge in [-0.25, -0.2) is 4.98 Å². The summed E-state index contributed by atoms with van der Waals surface area (Å²) < 4.78 is 7.33. The Bertz CT molecular complexity index is 856. The quantitative estimate of drug-likeness (QED) is 0.719. The van der Waals surface area contributed by atoms with Gasteiger partial charge in [0.05, 0.1) is 6.33 Å². The van der Waals surface area contributed by atoms with Gasteiger partial charge in [-0.15, -0.1) is 0 Å². The number of hydrogen-bond acceptors (Lipinski definition) is 4. The Balaban J connectivity index is 1.52. The molecule has 7 heteroatoms. The molecule has 0 saturated carbocycles. The number of primary amides is 1. The fraction of sp³-hybridized carbons (Fsp3) is 0.0556. The molecule has 0 bridgehead atoms. The number of nitrogens with zero attached hydrogens (tertiary/aromatic N) is 2. The molecule has 0 aliphatic heterocycles.